The van der Waals surface area contributed by atoms with Gasteiger partial charge in [0.2, 0.25) is 0 Å². The van der Waals surface area contributed by atoms with Gasteiger partial charge in [0.15, 0.2) is 0 Å². The topological polar surface area (TPSA) is 39.9 Å². The molecule has 1 heterocycles. The van der Waals surface area contributed by atoms with Crippen molar-refractivity contribution in [2.75, 3.05) is 13.7 Å². The molecule has 0 amide bonds. The molecule has 4 nitrogen and oxygen atoms in total. The predicted octanol–water partition coefficient (Wildman–Crippen LogP) is 2.35. The zero-order valence-electron chi connectivity index (χ0n) is 10.5. The summed E-state index contributed by atoms with van der Waals surface area (Å²) in [5, 5.41) is 8.38. The van der Waals surface area contributed by atoms with Crippen LogP contribution in [0.4, 0.5) is 0 Å². The van der Waals surface area contributed by atoms with Crippen molar-refractivity contribution in [2.24, 2.45) is 0 Å². The van der Waals surface area contributed by atoms with Crippen molar-refractivity contribution >= 4 is 11.6 Å². The minimum absolute atomic E-state index is 0.0189. The van der Waals surface area contributed by atoms with Gasteiger partial charge in [-0.2, -0.15) is 0 Å². The average Bonchev–Trinajstić information content (AvgIpc) is 2.69. The van der Waals surface area contributed by atoms with Crippen LogP contribution >= 0.6 is 11.6 Å². The molecule has 0 fully saturated rings. The number of nitrogens with zero attached hydrogens (tertiary/aromatic N) is 3. The Labute approximate surface area is 102 Å². The Morgan fingerprint density at radius 3 is 2.56 bits per heavy atom. The Balaban J connectivity index is 3.04. The number of aromatic nitrogens is 3. The lowest BCUT2D eigenvalue weighted by Gasteiger charge is -2.22. The van der Waals surface area contributed by atoms with Crippen LogP contribution < -0.4 is 0 Å². The van der Waals surface area contributed by atoms with Gasteiger partial charge in [-0.3, -0.25) is 0 Å². The van der Waals surface area contributed by atoms with E-state index < -0.39 is 0 Å². The summed E-state index contributed by atoms with van der Waals surface area (Å²) in [6.45, 7) is 7.88. The zero-order valence-corrected chi connectivity index (χ0v) is 11.2. The molecule has 0 saturated heterocycles. The molecule has 0 saturated carbocycles. The Morgan fingerprint density at radius 1 is 1.38 bits per heavy atom. The van der Waals surface area contributed by atoms with E-state index in [1.165, 1.54) is 0 Å². The zero-order chi connectivity index (χ0) is 12.2. The number of methoxy groups -OCH3 is 1. The van der Waals surface area contributed by atoms with Gasteiger partial charge in [0.25, 0.3) is 0 Å². The van der Waals surface area contributed by atoms with Gasteiger partial charge in [-0.05, 0) is 6.42 Å². The predicted molar refractivity (Wildman–Crippen MR) is 64.8 cm³/mol. The minimum Gasteiger partial charge on any atom is -0.383 e. The summed E-state index contributed by atoms with van der Waals surface area (Å²) in [5.41, 5.74) is 0.0189. The van der Waals surface area contributed by atoms with Crippen LogP contribution in [0.5, 0.6) is 0 Å². The first-order chi connectivity index (χ1) is 7.56. The van der Waals surface area contributed by atoms with E-state index in [0.717, 1.165) is 24.6 Å². The first-order valence-corrected chi connectivity index (χ1v) is 6.07. The average molecular weight is 246 g/mol. The molecule has 1 aromatic heterocycles. The highest BCUT2D eigenvalue weighted by Gasteiger charge is 2.26. The molecule has 1 rings (SSSR count). The molecule has 1 aromatic rings. The van der Waals surface area contributed by atoms with Crippen LogP contribution in [0.3, 0.4) is 0 Å². The first kappa shape index (κ1) is 13.5. The number of rotatable bonds is 6. The van der Waals surface area contributed by atoms with E-state index in [1.54, 1.807) is 7.11 Å². The summed E-state index contributed by atoms with van der Waals surface area (Å²) in [6, 6.07) is 0. The molecule has 0 atom stereocenters. The maximum absolute atomic E-state index is 5.85. The number of hydrogen-bond acceptors (Lipinski definition) is 3. The van der Waals surface area contributed by atoms with Gasteiger partial charge in [-0.1, -0.05) is 20.8 Å². The maximum atomic E-state index is 5.85. The lowest BCUT2D eigenvalue weighted by atomic mass is 9.89. The molecular weight excluding hydrogens is 226 g/mol. The Kier molecular flexibility index (Phi) is 4.74. The summed E-state index contributed by atoms with van der Waals surface area (Å²) in [7, 11) is 1.69. The van der Waals surface area contributed by atoms with Gasteiger partial charge in [-0.15, -0.1) is 21.8 Å². The molecule has 0 aliphatic rings. The summed E-state index contributed by atoms with van der Waals surface area (Å²) >= 11 is 5.85. The van der Waals surface area contributed by atoms with E-state index in [2.05, 4.69) is 35.5 Å². The fourth-order valence-corrected chi connectivity index (χ4v) is 1.71. The number of halogens is 1. The second-order valence-corrected chi connectivity index (χ2v) is 4.72. The normalized spacial score (nSPS) is 12.1. The first-order valence-electron chi connectivity index (χ1n) is 5.54. The van der Waals surface area contributed by atoms with Crippen molar-refractivity contribution in [2.45, 2.75) is 45.0 Å². The highest BCUT2D eigenvalue weighted by atomic mass is 35.5. The minimum atomic E-state index is 0.0189. The van der Waals surface area contributed by atoms with Gasteiger partial charge in [0.1, 0.15) is 11.6 Å². The van der Waals surface area contributed by atoms with Crippen LogP contribution in [-0.4, -0.2) is 28.5 Å². The summed E-state index contributed by atoms with van der Waals surface area (Å²) in [4.78, 5) is 0. The highest BCUT2D eigenvalue weighted by Crippen LogP contribution is 2.25. The van der Waals surface area contributed by atoms with E-state index in [4.69, 9.17) is 16.3 Å². The van der Waals surface area contributed by atoms with Crippen molar-refractivity contribution < 1.29 is 4.74 Å². The van der Waals surface area contributed by atoms with E-state index in [9.17, 15) is 0 Å². The molecule has 0 unspecified atom stereocenters. The van der Waals surface area contributed by atoms with Crippen LogP contribution in [0, 0.1) is 0 Å². The van der Waals surface area contributed by atoms with E-state index in [-0.39, 0.29) is 5.41 Å². The Morgan fingerprint density at radius 2 is 2.06 bits per heavy atom. The van der Waals surface area contributed by atoms with Crippen molar-refractivity contribution in [3.63, 3.8) is 0 Å². The number of hydrogen-bond donors (Lipinski definition) is 0. The van der Waals surface area contributed by atoms with E-state index in [1.807, 2.05) is 0 Å². The summed E-state index contributed by atoms with van der Waals surface area (Å²) in [6.07, 6.45) is 1.01. The second kappa shape index (κ2) is 5.64. The highest BCUT2D eigenvalue weighted by molar-refractivity contribution is 6.16. The molecule has 0 N–H and O–H groups in total. The van der Waals surface area contributed by atoms with Crippen LogP contribution in [-0.2, 0) is 22.6 Å². The van der Waals surface area contributed by atoms with Gasteiger partial charge in [0, 0.05) is 19.1 Å². The third-order valence-electron chi connectivity index (χ3n) is 2.96. The van der Waals surface area contributed by atoms with Crippen molar-refractivity contribution in [3.8, 4) is 0 Å². The quantitative estimate of drug-likeness (QED) is 0.723. The van der Waals surface area contributed by atoms with Gasteiger partial charge in [-0.25, -0.2) is 0 Å². The Bertz CT molecular complexity index is 336. The maximum Gasteiger partial charge on any atom is 0.148 e. The molecular formula is C11H20ClN3O. The third kappa shape index (κ3) is 2.74. The molecule has 5 heteroatoms. The fraction of sp³-hybridized carbons (Fsp3) is 0.818. The van der Waals surface area contributed by atoms with Gasteiger partial charge in [0.05, 0.1) is 12.5 Å². The molecule has 0 aliphatic heterocycles. The lowest BCUT2D eigenvalue weighted by Crippen LogP contribution is -2.24. The molecule has 0 radical (unpaired) electrons. The van der Waals surface area contributed by atoms with E-state index >= 15 is 0 Å². The van der Waals surface area contributed by atoms with Crippen molar-refractivity contribution in [3.05, 3.63) is 11.6 Å². The molecule has 0 bridgehead atoms. The SMILES string of the molecule is CCC(C)(C)c1nnc(CCl)n1CCOC. The number of alkyl halides is 1. The fourth-order valence-electron chi connectivity index (χ4n) is 1.51. The molecule has 0 aliphatic carbocycles. The number of ether oxygens (including phenoxy) is 1. The second-order valence-electron chi connectivity index (χ2n) is 4.46. The smallest absolute Gasteiger partial charge is 0.148 e. The van der Waals surface area contributed by atoms with Crippen molar-refractivity contribution in [1.82, 2.24) is 14.8 Å². The van der Waals surface area contributed by atoms with Crippen LogP contribution in [0.15, 0.2) is 0 Å². The standard InChI is InChI=1S/C11H20ClN3O/c1-5-11(2,3)10-14-13-9(8-12)15(10)6-7-16-4/h5-8H2,1-4H3. The van der Waals surface area contributed by atoms with E-state index in [0.29, 0.717) is 12.5 Å². The van der Waals surface area contributed by atoms with Crippen LogP contribution in [0.2, 0.25) is 0 Å². The lowest BCUT2D eigenvalue weighted by molar-refractivity contribution is 0.184. The summed E-state index contributed by atoms with van der Waals surface area (Å²) < 4.78 is 7.17. The van der Waals surface area contributed by atoms with Crippen LogP contribution in [0.1, 0.15) is 38.8 Å². The van der Waals surface area contributed by atoms with Crippen molar-refractivity contribution in [1.29, 1.82) is 0 Å². The molecule has 0 spiro atoms. The van der Waals surface area contributed by atoms with Gasteiger partial charge < -0.3 is 9.30 Å². The Hall–Kier alpha value is -0.610. The third-order valence-corrected chi connectivity index (χ3v) is 3.19. The molecule has 92 valence electrons. The van der Waals surface area contributed by atoms with Crippen LogP contribution in [0.25, 0.3) is 0 Å². The summed E-state index contributed by atoms with van der Waals surface area (Å²) in [5.74, 6) is 2.19. The van der Waals surface area contributed by atoms with Gasteiger partial charge >= 0.3 is 0 Å². The largest absolute Gasteiger partial charge is 0.383 e. The molecule has 16 heavy (non-hydrogen) atoms. The monoisotopic (exact) mass is 245 g/mol. The molecule has 0 aromatic carbocycles.